The molecule has 0 saturated heterocycles. The van der Waals surface area contributed by atoms with Gasteiger partial charge in [0.25, 0.3) is 0 Å². The lowest BCUT2D eigenvalue weighted by molar-refractivity contribution is 0.150. The van der Waals surface area contributed by atoms with Gasteiger partial charge >= 0.3 is 0 Å². The van der Waals surface area contributed by atoms with Gasteiger partial charge in [0.15, 0.2) is 0 Å². The zero-order valence-corrected chi connectivity index (χ0v) is 6.19. The minimum absolute atomic E-state index is 0.181. The number of ether oxygens (including phenoxy) is 1. The minimum atomic E-state index is 0.181. The van der Waals surface area contributed by atoms with E-state index in [-0.39, 0.29) is 6.17 Å². The van der Waals surface area contributed by atoms with Gasteiger partial charge in [-0.15, -0.1) is 0 Å². The summed E-state index contributed by atoms with van der Waals surface area (Å²) in [6.45, 7) is 0.650. The van der Waals surface area contributed by atoms with E-state index in [1.54, 1.807) is 7.11 Å². The third kappa shape index (κ3) is 4.35. The fraction of sp³-hybridized carbons (Fsp3) is 1.00. The van der Waals surface area contributed by atoms with Crippen molar-refractivity contribution in [2.24, 2.45) is 0 Å². The van der Waals surface area contributed by atoms with Crippen molar-refractivity contribution in [2.45, 2.75) is 6.17 Å². The quantitative estimate of drug-likeness (QED) is 0.329. The standard InChI is InChI=1S/C5H15N3O/c1-6-5(4-9-3)8-7-2/h5-8H,4H2,1-3H3. The lowest BCUT2D eigenvalue weighted by Crippen LogP contribution is -2.49. The zero-order chi connectivity index (χ0) is 7.11. The maximum absolute atomic E-state index is 4.88. The summed E-state index contributed by atoms with van der Waals surface area (Å²) in [6.07, 6.45) is 0.181. The SMILES string of the molecule is CNNC(COC)NC. The van der Waals surface area contributed by atoms with Gasteiger partial charge in [0, 0.05) is 7.11 Å². The Balaban J connectivity index is 3.18. The van der Waals surface area contributed by atoms with Crippen molar-refractivity contribution < 1.29 is 4.74 Å². The number of hydrogen-bond donors (Lipinski definition) is 3. The van der Waals surface area contributed by atoms with Crippen LogP contribution in [-0.4, -0.2) is 34.0 Å². The topological polar surface area (TPSA) is 45.3 Å². The van der Waals surface area contributed by atoms with Crippen molar-refractivity contribution >= 4 is 0 Å². The van der Waals surface area contributed by atoms with Crippen molar-refractivity contribution in [3.05, 3.63) is 0 Å². The molecular weight excluding hydrogens is 118 g/mol. The molecule has 4 nitrogen and oxygen atoms in total. The number of methoxy groups -OCH3 is 1. The molecule has 0 rings (SSSR count). The van der Waals surface area contributed by atoms with E-state index in [0.717, 1.165) is 0 Å². The summed E-state index contributed by atoms with van der Waals surface area (Å²) in [4.78, 5) is 0. The molecule has 0 bridgehead atoms. The van der Waals surface area contributed by atoms with Crippen molar-refractivity contribution in [1.29, 1.82) is 0 Å². The van der Waals surface area contributed by atoms with Crippen LogP contribution in [0.1, 0.15) is 0 Å². The van der Waals surface area contributed by atoms with Gasteiger partial charge in [-0.2, -0.15) is 0 Å². The average molecular weight is 133 g/mol. The van der Waals surface area contributed by atoms with Crippen LogP contribution in [0.2, 0.25) is 0 Å². The summed E-state index contributed by atoms with van der Waals surface area (Å²) in [5, 5.41) is 3.01. The number of nitrogens with one attached hydrogen (secondary N) is 3. The Labute approximate surface area is 55.9 Å². The van der Waals surface area contributed by atoms with E-state index in [4.69, 9.17) is 4.74 Å². The first-order valence-electron chi connectivity index (χ1n) is 2.93. The van der Waals surface area contributed by atoms with Gasteiger partial charge < -0.3 is 10.1 Å². The van der Waals surface area contributed by atoms with Crippen molar-refractivity contribution in [2.75, 3.05) is 27.8 Å². The highest BCUT2D eigenvalue weighted by molar-refractivity contribution is 4.54. The van der Waals surface area contributed by atoms with Gasteiger partial charge in [-0.3, -0.25) is 5.43 Å². The molecule has 1 unspecified atom stereocenters. The Morgan fingerprint density at radius 3 is 2.44 bits per heavy atom. The normalized spacial score (nSPS) is 13.7. The molecule has 0 heterocycles. The molecule has 0 aromatic heterocycles. The van der Waals surface area contributed by atoms with Crippen LogP contribution in [0, 0.1) is 0 Å². The maximum atomic E-state index is 4.88. The molecule has 9 heavy (non-hydrogen) atoms. The molecule has 0 saturated carbocycles. The van der Waals surface area contributed by atoms with Crippen molar-refractivity contribution in [1.82, 2.24) is 16.2 Å². The minimum Gasteiger partial charge on any atom is -0.382 e. The summed E-state index contributed by atoms with van der Waals surface area (Å²) < 4.78 is 4.88. The van der Waals surface area contributed by atoms with Crippen molar-refractivity contribution in [3.8, 4) is 0 Å². The molecule has 0 aliphatic heterocycles. The molecule has 1 atom stereocenters. The van der Waals surface area contributed by atoms with Crippen LogP contribution in [0.15, 0.2) is 0 Å². The second kappa shape index (κ2) is 5.97. The van der Waals surface area contributed by atoms with Crippen LogP contribution >= 0.6 is 0 Å². The van der Waals surface area contributed by atoms with E-state index in [2.05, 4.69) is 16.2 Å². The zero-order valence-electron chi connectivity index (χ0n) is 6.19. The average Bonchev–Trinajstić information content (AvgIpc) is 1.88. The molecule has 0 amide bonds. The van der Waals surface area contributed by atoms with Crippen LogP contribution in [-0.2, 0) is 4.74 Å². The fourth-order valence-corrected chi connectivity index (χ4v) is 0.538. The summed E-state index contributed by atoms with van der Waals surface area (Å²) in [5.41, 5.74) is 5.76. The highest BCUT2D eigenvalue weighted by Gasteiger charge is 1.99. The van der Waals surface area contributed by atoms with Crippen molar-refractivity contribution in [3.63, 3.8) is 0 Å². The lowest BCUT2D eigenvalue weighted by Gasteiger charge is -2.15. The fourth-order valence-electron chi connectivity index (χ4n) is 0.538. The first kappa shape index (κ1) is 8.84. The first-order valence-corrected chi connectivity index (χ1v) is 2.93. The second-order valence-corrected chi connectivity index (χ2v) is 1.69. The molecule has 0 fully saturated rings. The van der Waals surface area contributed by atoms with Crippen LogP contribution in [0.3, 0.4) is 0 Å². The molecule has 0 aliphatic carbocycles. The lowest BCUT2D eigenvalue weighted by atomic mass is 10.5. The van der Waals surface area contributed by atoms with Crippen LogP contribution in [0.4, 0.5) is 0 Å². The molecule has 0 aromatic carbocycles. The summed E-state index contributed by atoms with van der Waals surface area (Å²) in [7, 11) is 5.36. The Bertz CT molecular complexity index is 54.2. The molecule has 0 aromatic rings. The third-order valence-corrected chi connectivity index (χ3v) is 1.00. The van der Waals surface area contributed by atoms with E-state index < -0.39 is 0 Å². The Morgan fingerprint density at radius 1 is 1.44 bits per heavy atom. The Morgan fingerprint density at radius 2 is 2.11 bits per heavy atom. The van der Waals surface area contributed by atoms with E-state index in [0.29, 0.717) is 6.61 Å². The van der Waals surface area contributed by atoms with Gasteiger partial charge in [0.1, 0.15) is 0 Å². The first-order chi connectivity index (χ1) is 4.35. The summed E-state index contributed by atoms with van der Waals surface area (Å²) in [5.74, 6) is 0. The highest BCUT2D eigenvalue weighted by atomic mass is 16.5. The van der Waals surface area contributed by atoms with Gasteiger partial charge in [-0.05, 0) is 14.1 Å². The molecule has 4 heteroatoms. The largest absolute Gasteiger partial charge is 0.382 e. The van der Waals surface area contributed by atoms with Crippen LogP contribution in [0.5, 0.6) is 0 Å². The van der Waals surface area contributed by atoms with Gasteiger partial charge in [-0.1, -0.05) is 0 Å². The molecule has 0 radical (unpaired) electrons. The molecule has 56 valence electrons. The second-order valence-electron chi connectivity index (χ2n) is 1.69. The van der Waals surface area contributed by atoms with Gasteiger partial charge in [0.05, 0.1) is 12.8 Å². The summed E-state index contributed by atoms with van der Waals surface area (Å²) in [6, 6.07) is 0. The van der Waals surface area contributed by atoms with E-state index in [1.807, 2.05) is 14.1 Å². The predicted octanol–water partition coefficient (Wildman–Crippen LogP) is -1.10. The van der Waals surface area contributed by atoms with Crippen LogP contribution < -0.4 is 16.2 Å². The Hall–Kier alpha value is -0.160. The third-order valence-electron chi connectivity index (χ3n) is 1.00. The van der Waals surface area contributed by atoms with E-state index >= 15 is 0 Å². The Kier molecular flexibility index (Phi) is 5.86. The molecular formula is C5H15N3O. The molecule has 0 spiro atoms. The number of hydrogen-bond acceptors (Lipinski definition) is 4. The van der Waals surface area contributed by atoms with Gasteiger partial charge in [-0.25, -0.2) is 5.43 Å². The monoisotopic (exact) mass is 133 g/mol. The highest BCUT2D eigenvalue weighted by Crippen LogP contribution is 1.73. The summed E-state index contributed by atoms with van der Waals surface area (Å²) >= 11 is 0. The van der Waals surface area contributed by atoms with E-state index in [9.17, 15) is 0 Å². The predicted molar refractivity (Wildman–Crippen MR) is 36.9 cm³/mol. The smallest absolute Gasteiger partial charge is 0.0938 e. The van der Waals surface area contributed by atoms with Gasteiger partial charge in [0.2, 0.25) is 0 Å². The van der Waals surface area contributed by atoms with Crippen LogP contribution in [0.25, 0.3) is 0 Å². The number of likely N-dealkylation sites (N-methyl/N-ethyl adjacent to an activating group) is 1. The number of hydrazine groups is 1. The van der Waals surface area contributed by atoms with E-state index in [1.165, 1.54) is 0 Å². The maximum Gasteiger partial charge on any atom is 0.0938 e. The number of rotatable bonds is 5. The molecule has 0 aliphatic rings. The molecule has 3 N–H and O–H groups in total.